The summed E-state index contributed by atoms with van der Waals surface area (Å²) in [4.78, 5) is 8.15. The molecule has 7 heteroatoms. The van der Waals surface area contributed by atoms with Crippen LogP contribution < -0.4 is 0 Å². The fraction of sp³-hybridized carbons (Fsp3) is 0.385. The molecule has 1 unspecified atom stereocenters. The number of rotatable bonds is 3. The SMILES string of the molecule is FC1(F)CC(C(I)c2ncc(-c3cccnc3Cl)o2)C1. The highest BCUT2D eigenvalue weighted by atomic mass is 127. The van der Waals surface area contributed by atoms with E-state index in [4.69, 9.17) is 16.0 Å². The van der Waals surface area contributed by atoms with Gasteiger partial charge in [-0.3, -0.25) is 0 Å². The van der Waals surface area contributed by atoms with Gasteiger partial charge in [-0.25, -0.2) is 18.7 Å². The zero-order chi connectivity index (χ0) is 14.3. The van der Waals surface area contributed by atoms with Crippen LogP contribution in [0.2, 0.25) is 5.15 Å². The van der Waals surface area contributed by atoms with Crippen LogP contribution in [0.1, 0.15) is 22.7 Å². The lowest BCUT2D eigenvalue weighted by Crippen LogP contribution is -2.37. The van der Waals surface area contributed by atoms with Crippen molar-refractivity contribution in [3.05, 3.63) is 35.6 Å². The summed E-state index contributed by atoms with van der Waals surface area (Å²) in [6, 6.07) is 3.52. The van der Waals surface area contributed by atoms with Crippen LogP contribution in [0.3, 0.4) is 0 Å². The van der Waals surface area contributed by atoms with Gasteiger partial charge < -0.3 is 4.42 Å². The number of aromatic nitrogens is 2. The van der Waals surface area contributed by atoms with Crippen LogP contribution in [0.4, 0.5) is 8.78 Å². The van der Waals surface area contributed by atoms with E-state index in [0.29, 0.717) is 22.4 Å². The number of hydrogen-bond acceptors (Lipinski definition) is 3. The van der Waals surface area contributed by atoms with Crippen LogP contribution in [-0.2, 0) is 0 Å². The number of oxazole rings is 1. The first-order chi connectivity index (χ1) is 9.46. The molecule has 1 fully saturated rings. The van der Waals surface area contributed by atoms with Gasteiger partial charge in [-0.05, 0) is 18.1 Å². The van der Waals surface area contributed by atoms with E-state index in [1.54, 1.807) is 24.5 Å². The Labute approximate surface area is 132 Å². The van der Waals surface area contributed by atoms with E-state index >= 15 is 0 Å². The summed E-state index contributed by atoms with van der Waals surface area (Å²) in [7, 11) is 0. The maximum absolute atomic E-state index is 12.9. The van der Waals surface area contributed by atoms with Gasteiger partial charge in [0, 0.05) is 19.0 Å². The maximum Gasteiger partial charge on any atom is 0.248 e. The molecule has 1 aliphatic rings. The number of alkyl halides is 3. The second-order valence-electron chi connectivity index (χ2n) is 4.83. The molecule has 3 rings (SSSR count). The van der Waals surface area contributed by atoms with Crippen molar-refractivity contribution in [2.45, 2.75) is 22.7 Å². The Kier molecular flexibility index (Phi) is 3.70. The van der Waals surface area contributed by atoms with Gasteiger partial charge in [0.25, 0.3) is 0 Å². The Morgan fingerprint density at radius 3 is 2.80 bits per heavy atom. The highest BCUT2D eigenvalue weighted by Gasteiger charge is 2.49. The van der Waals surface area contributed by atoms with Crippen molar-refractivity contribution in [2.24, 2.45) is 5.92 Å². The van der Waals surface area contributed by atoms with E-state index in [-0.39, 0.29) is 22.7 Å². The Morgan fingerprint density at radius 2 is 2.15 bits per heavy atom. The minimum absolute atomic E-state index is 0.0959. The van der Waals surface area contributed by atoms with Crippen molar-refractivity contribution in [1.82, 2.24) is 9.97 Å². The molecule has 20 heavy (non-hydrogen) atoms. The van der Waals surface area contributed by atoms with Gasteiger partial charge in [-0.2, -0.15) is 0 Å². The maximum atomic E-state index is 12.9. The summed E-state index contributed by atoms with van der Waals surface area (Å²) >= 11 is 8.09. The molecule has 1 saturated carbocycles. The van der Waals surface area contributed by atoms with Crippen LogP contribution in [0.5, 0.6) is 0 Å². The average molecular weight is 411 g/mol. The molecule has 0 aliphatic heterocycles. The summed E-state index contributed by atoms with van der Waals surface area (Å²) in [6.07, 6.45) is 2.93. The molecule has 0 saturated heterocycles. The Hall–Kier alpha value is -0.760. The second-order valence-corrected chi connectivity index (χ2v) is 6.53. The molecule has 3 nitrogen and oxygen atoms in total. The predicted molar refractivity (Wildman–Crippen MR) is 79.2 cm³/mol. The molecule has 0 amide bonds. The van der Waals surface area contributed by atoms with E-state index in [9.17, 15) is 8.78 Å². The summed E-state index contributed by atoms with van der Waals surface area (Å²) in [6.45, 7) is 0. The molecule has 0 N–H and O–H groups in total. The van der Waals surface area contributed by atoms with E-state index < -0.39 is 5.92 Å². The number of halogens is 4. The van der Waals surface area contributed by atoms with Crippen LogP contribution in [-0.4, -0.2) is 15.9 Å². The van der Waals surface area contributed by atoms with Gasteiger partial charge in [0.2, 0.25) is 11.8 Å². The summed E-state index contributed by atoms with van der Waals surface area (Å²) in [5, 5.41) is 0.329. The van der Waals surface area contributed by atoms with E-state index in [2.05, 4.69) is 32.6 Å². The molecule has 2 heterocycles. The van der Waals surface area contributed by atoms with Gasteiger partial charge >= 0.3 is 0 Å². The first kappa shape index (κ1) is 14.2. The lowest BCUT2D eigenvalue weighted by Gasteiger charge is -2.36. The van der Waals surface area contributed by atoms with Gasteiger partial charge in [-0.15, -0.1) is 0 Å². The zero-order valence-corrected chi connectivity index (χ0v) is 13.1. The average Bonchev–Trinajstić information content (AvgIpc) is 2.85. The van der Waals surface area contributed by atoms with Crippen LogP contribution in [0.25, 0.3) is 11.3 Å². The van der Waals surface area contributed by atoms with E-state index in [0.717, 1.165) is 0 Å². The molecule has 2 aromatic heterocycles. The summed E-state index contributed by atoms with van der Waals surface area (Å²) in [5.41, 5.74) is 0.649. The second kappa shape index (κ2) is 5.22. The van der Waals surface area contributed by atoms with Crippen molar-refractivity contribution in [3.63, 3.8) is 0 Å². The molecule has 0 spiro atoms. The molecular formula is C13H10ClF2IN2O. The largest absolute Gasteiger partial charge is 0.439 e. The zero-order valence-electron chi connectivity index (χ0n) is 10.2. The Bertz CT molecular complexity index is 626. The van der Waals surface area contributed by atoms with Crippen molar-refractivity contribution >= 4 is 34.2 Å². The molecule has 106 valence electrons. The molecule has 1 aliphatic carbocycles. The minimum Gasteiger partial charge on any atom is -0.439 e. The van der Waals surface area contributed by atoms with E-state index in [1.807, 2.05) is 0 Å². The summed E-state index contributed by atoms with van der Waals surface area (Å²) < 4.78 is 31.3. The predicted octanol–water partition coefficient (Wildman–Crippen LogP) is 4.91. The highest BCUT2D eigenvalue weighted by Crippen LogP contribution is 2.51. The van der Waals surface area contributed by atoms with E-state index in [1.165, 1.54) is 0 Å². The van der Waals surface area contributed by atoms with Gasteiger partial charge in [-0.1, -0.05) is 34.2 Å². The molecule has 0 aromatic carbocycles. The van der Waals surface area contributed by atoms with Crippen molar-refractivity contribution in [2.75, 3.05) is 0 Å². The minimum atomic E-state index is -2.53. The first-order valence-corrected chi connectivity index (χ1v) is 7.67. The van der Waals surface area contributed by atoms with Crippen molar-refractivity contribution in [1.29, 1.82) is 0 Å². The Balaban J connectivity index is 1.79. The van der Waals surface area contributed by atoms with Gasteiger partial charge in [0.1, 0.15) is 5.15 Å². The quantitative estimate of drug-likeness (QED) is 0.410. The van der Waals surface area contributed by atoms with Crippen molar-refractivity contribution < 1.29 is 13.2 Å². The normalized spacial score (nSPS) is 19.6. The molecule has 1 atom stereocenters. The molecular weight excluding hydrogens is 401 g/mol. The third kappa shape index (κ3) is 2.67. The van der Waals surface area contributed by atoms with Gasteiger partial charge in [0.05, 0.1) is 15.7 Å². The third-order valence-electron chi connectivity index (χ3n) is 3.32. The molecule has 0 radical (unpaired) electrons. The lowest BCUT2D eigenvalue weighted by molar-refractivity contribution is -0.110. The standard InChI is InChI=1S/C13H10ClF2IN2O/c14-11-8(2-1-3-18-11)9-6-19-12(20-9)10(17)7-4-13(15,16)5-7/h1-3,6-7,10H,4-5H2. The van der Waals surface area contributed by atoms with Crippen molar-refractivity contribution in [3.8, 4) is 11.3 Å². The first-order valence-electron chi connectivity index (χ1n) is 6.05. The van der Waals surface area contributed by atoms with Gasteiger partial charge in [0.15, 0.2) is 5.76 Å². The number of hydrogen-bond donors (Lipinski definition) is 0. The third-order valence-corrected chi connectivity index (χ3v) is 5.17. The van der Waals surface area contributed by atoms with Crippen LogP contribution >= 0.6 is 34.2 Å². The summed E-state index contributed by atoms with van der Waals surface area (Å²) in [5.74, 6) is -1.66. The molecule has 2 aromatic rings. The topological polar surface area (TPSA) is 38.9 Å². The number of pyridine rings is 1. The highest BCUT2D eigenvalue weighted by molar-refractivity contribution is 14.1. The smallest absolute Gasteiger partial charge is 0.248 e. The lowest BCUT2D eigenvalue weighted by atomic mass is 9.79. The van der Waals surface area contributed by atoms with Crippen LogP contribution in [0, 0.1) is 5.92 Å². The number of nitrogens with zero attached hydrogens (tertiary/aromatic N) is 2. The Morgan fingerprint density at radius 1 is 1.40 bits per heavy atom. The molecule has 0 bridgehead atoms. The monoisotopic (exact) mass is 410 g/mol. The fourth-order valence-corrected chi connectivity index (χ4v) is 3.23. The fourth-order valence-electron chi connectivity index (χ4n) is 2.23. The van der Waals surface area contributed by atoms with Crippen LogP contribution in [0.15, 0.2) is 28.9 Å².